The minimum Gasteiger partial charge on any atom is -0.352 e. The van der Waals surface area contributed by atoms with Gasteiger partial charge in [-0.15, -0.1) is 24.8 Å². The molecule has 6 nitrogen and oxygen atoms in total. The third-order valence-corrected chi connectivity index (χ3v) is 5.31. The van der Waals surface area contributed by atoms with Crippen LogP contribution in [-0.4, -0.2) is 66.4 Å². The van der Waals surface area contributed by atoms with Crippen molar-refractivity contribution in [2.24, 2.45) is 17.6 Å². The Bertz CT molecular complexity index is 451. The van der Waals surface area contributed by atoms with Gasteiger partial charge in [0.15, 0.2) is 0 Å². The summed E-state index contributed by atoms with van der Waals surface area (Å²) < 4.78 is 0. The molecule has 0 aromatic heterocycles. The van der Waals surface area contributed by atoms with Crippen molar-refractivity contribution in [3.8, 4) is 0 Å². The molecule has 2 aliphatic rings. The van der Waals surface area contributed by atoms with E-state index in [1.807, 2.05) is 4.90 Å². The normalized spacial score (nSPS) is 24.3. The molecule has 2 rings (SSSR count). The summed E-state index contributed by atoms with van der Waals surface area (Å²) in [7, 11) is 0. The maximum atomic E-state index is 12.5. The Kier molecular flexibility index (Phi) is 11.7. The lowest BCUT2D eigenvalue weighted by Gasteiger charge is -2.27. The van der Waals surface area contributed by atoms with Crippen LogP contribution in [0.4, 0.5) is 0 Å². The molecule has 0 aromatic carbocycles. The van der Waals surface area contributed by atoms with Crippen LogP contribution in [0.3, 0.4) is 0 Å². The highest BCUT2D eigenvalue weighted by Crippen LogP contribution is 2.23. The topological polar surface area (TPSA) is 78.7 Å². The number of amides is 2. The number of nitrogens with one attached hydrogen (secondary N) is 1. The minimum atomic E-state index is -0.227. The van der Waals surface area contributed by atoms with E-state index in [1.54, 1.807) is 0 Å². The van der Waals surface area contributed by atoms with Gasteiger partial charge in [0.25, 0.3) is 0 Å². The van der Waals surface area contributed by atoms with Crippen molar-refractivity contribution in [3.05, 3.63) is 0 Å². The van der Waals surface area contributed by atoms with Crippen LogP contribution in [0.2, 0.25) is 0 Å². The summed E-state index contributed by atoms with van der Waals surface area (Å²) in [6, 6.07) is 0.463. The van der Waals surface area contributed by atoms with Crippen molar-refractivity contribution in [2.75, 3.05) is 32.7 Å². The van der Waals surface area contributed by atoms with E-state index in [0.717, 1.165) is 32.5 Å². The summed E-state index contributed by atoms with van der Waals surface area (Å²) >= 11 is 0. The van der Waals surface area contributed by atoms with E-state index in [9.17, 15) is 9.59 Å². The van der Waals surface area contributed by atoms with Crippen LogP contribution in [0.15, 0.2) is 0 Å². The number of nitrogens with zero attached hydrogens (tertiary/aromatic N) is 2. The molecule has 0 radical (unpaired) electrons. The molecule has 2 amide bonds. The molecule has 8 heteroatoms. The Hall–Kier alpha value is -0.560. The second kappa shape index (κ2) is 12.0. The van der Waals surface area contributed by atoms with Crippen molar-refractivity contribution in [1.29, 1.82) is 0 Å². The lowest BCUT2D eigenvalue weighted by Crippen LogP contribution is -2.45. The number of hydrogen-bond donors (Lipinski definition) is 2. The largest absolute Gasteiger partial charge is 0.352 e. The highest BCUT2D eigenvalue weighted by Gasteiger charge is 2.37. The number of nitrogens with two attached hydrogens (primary N) is 1. The molecule has 0 bridgehead atoms. The third-order valence-electron chi connectivity index (χ3n) is 5.31. The maximum Gasteiger partial charge on any atom is 0.225 e. The number of hydrogen-bond acceptors (Lipinski definition) is 4. The van der Waals surface area contributed by atoms with Gasteiger partial charge in [0.2, 0.25) is 11.8 Å². The van der Waals surface area contributed by atoms with Crippen LogP contribution in [0.1, 0.15) is 46.5 Å². The molecule has 154 valence electrons. The number of rotatable bonds is 8. The fourth-order valence-corrected chi connectivity index (χ4v) is 4.00. The van der Waals surface area contributed by atoms with Crippen LogP contribution in [-0.2, 0) is 9.59 Å². The fraction of sp³-hybridized carbons (Fsp3) is 0.889. The van der Waals surface area contributed by atoms with Crippen molar-refractivity contribution in [1.82, 2.24) is 15.1 Å². The standard InChI is InChI=1S/C18H34N4O2.2ClH/c1-4-21-7-5-6-16(21)12-22-11-14(9-17(22)23)18(24)20-15(10-19)8-13(2)3;;/h13-16H,4-12,19H2,1-3H3,(H,20,24);2*1H. The zero-order valence-corrected chi connectivity index (χ0v) is 17.9. The van der Waals surface area contributed by atoms with E-state index in [-0.39, 0.29) is 48.6 Å². The Morgan fingerprint density at radius 3 is 2.62 bits per heavy atom. The number of likely N-dealkylation sites (tertiary alicyclic amines) is 2. The van der Waals surface area contributed by atoms with Gasteiger partial charge in [-0.2, -0.15) is 0 Å². The summed E-state index contributed by atoms with van der Waals surface area (Å²) in [6.07, 6.45) is 3.57. The zero-order valence-electron chi connectivity index (χ0n) is 16.3. The zero-order chi connectivity index (χ0) is 17.7. The minimum absolute atomic E-state index is 0. The lowest BCUT2D eigenvalue weighted by molar-refractivity contribution is -0.129. The molecule has 2 saturated heterocycles. The molecule has 3 atom stereocenters. The SMILES string of the molecule is CCN1CCCC1CN1CC(C(=O)NC(CN)CC(C)C)CC1=O.Cl.Cl. The number of carbonyl (C=O) groups is 2. The Morgan fingerprint density at radius 2 is 2.04 bits per heavy atom. The first-order valence-corrected chi connectivity index (χ1v) is 9.46. The quantitative estimate of drug-likeness (QED) is 0.637. The fourth-order valence-electron chi connectivity index (χ4n) is 4.00. The summed E-state index contributed by atoms with van der Waals surface area (Å²) in [4.78, 5) is 29.1. The van der Waals surface area contributed by atoms with Crippen molar-refractivity contribution in [2.45, 2.75) is 58.5 Å². The first kappa shape index (κ1) is 25.4. The molecule has 0 aromatic rings. The predicted octanol–water partition coefficient (Wildman–Crippen LogP) is 1.65. The third kappa shape index (κ3) is 6.87. The van der Waals surface area contributed by atoms with Gasteiger partial charge >= 0.3 is 0 Å². The summed E-state index contributed by atoms with van der Waals surface area (Å²) in [5.74, 6) is 0.366. The molecule has 26 heavy (non-hydrogen) atoms. The summed E-state index contributed by atoms with van der Waals surface area (Å²) in [5.41, 5.74) is 5.76. The van der Waals surface area contributed by atoms with E-state index in [4.69, 9.17) is 5.73 Å². The summed E-state index contributed by atoms with van der Waals surface area (Å²) in [5, 5.41) is 3.04. The highest BCUT2D eigenvalue weighted by atomic mass is 35.5. The van der Waals surface area contributed by atoms with Gasteiger partial charge in [0.1, 0.15) is 0 Å². The van der Waals surface area contributed by atoms with E-state index < -0.39 is 0 Å². The second-order valence-electron chi connectivity index (χ2n) is 7.70. The van der Waals surface area contributed by atoms with Gasteiger partial charge in [0.05, 0.1) is 5.92 Å². The summed E-state index contributed by atoms with van der Waals surface area (Å²) in [6.45, 7) is 10.3. The maximum absolute atomic E-state index is 12.5. The van der Waals surface area contributed by atoms with Crippen LogP contribution >= 0.6 is 24.8 Å². The Balaban J connectivity index is 0.00000312. The molecular formula is C18H36Cl2N4O2. The first-order chi connectivity index (χ1) is 11.4. The van der Waals surface area contributed by atoms with E-state index in [0.29, 0.717) is 31.5 Å². The van der Waals surface area contributed by atoms with E-state index in [2.05, 4.69) is 31.0 Å². The highest BCUT2D eigenvalue weighted by molar-refractivity contribution is 5.89. The van der Waals surface area contributed by atoms with Gasteiger partial charge in [-0.25, -0.2) is 0 Å². The van der Waals surface area contributed by atoms with Gasteiger partial charge in [-0.3, -0.25) is 14.5 Å². The van der Waals surface area contributed by atoms with Crippen molar-refractivity contribution < 1.29 is 9.59 Å². The molecule has 0 aliphatic carbocycles. The Morgan fingerprint density at radius 1 is 1.35 bits per heavy atom. The smallest absolute Gasteiger partial charge is 0.225 e. The number of likely N-dealkylation sites (N-methyl/N-ethyl adjacent to an activating group) is 1. The monoisotopic (exact) mass is 410 g/mol. The second-order valence-corrected chi connectivity index (χ2v) is 7.70. The average molecular weight is 411 g/mol. The van der Waals surface area contributed by atoms with Crippen LogP contribution < -0.4 is 11.1 Å². The van der Waals surface area contributed by atoms with Gasteiger partial charge in [0, 0.05) is 38.1 Å². The molecule has 2 aliphatic heterocycles. The van der Waals surface area contributed by atoms with Gasteiger partial charge in [-0.1, -0.05) is 20.8 Å². The van der Waals surface area contributed by atoms with Crippen LogP contribution in [0.25, 0.3) is 0 Å². The van der Waals surface area contributed by atoms with Crippen molar-refractivity contribution >= 4 is 36.6 Å². The molecule has 0 saturated carbocycles. The predicted molar refractivity (Wildman–Crippen MR) is 110 cm³/mol. The van der Waals surface area contributed by atoms with Gasteiger partial charge < -0.3 is 16.0 Å². The van der Waals surface area contributed by atoms with Crippen LogP contribution in [0, 0.1) is 11.8 Å². The molecule has 0 spiro atoms. The Labute approximate surface area is 170 Å². The molecule has 2 fully saturated rings. The van der Waals surface area contributed by atoms with Crippen molar-refractivity contribution in [3.63, 3.8) is 0 Å². The average Bonchev–Trinajstić information content (AvgIpc) is 3.13. The van der Waals surface area contributed by atoms with Crippen LogP contribution in [0.5, 0.6) is 0 Å². The lowest BCUT2D eigenvalue weighted by atomic mass is 10.0. The van der Waals surface area contributed by atoms with E-state index >= 15 is 0 Å². The molecule has 3 N–H and O–H groups in total. The van der Waals surface area contributed by atoms with Gasteiger partial charge in [-0.05, 0) is 38.3 Å². The molecule has 3 unspecified atom stereocenters. The first-order valence-electron chi connectivity index (χ1n) is 9.46. The van der Waals surface area contributed by atoms with E-state index in [1.165, 1.54) is 6.42 Å². The molecular weight excluding hydrogens is 375 g/mol. The number of carbonyl (C=O) groups excluding carboxylic acids is 2. The molecule has 2 heterocycles. The number of halogens is 2.